The Morgan fingerprint density at radius 2 is 2.03 bits per heavy atom. The van der Waals surface area contributed by atoms with E-state index in [0.29, 0.717) is 10.9 Å². The Morgan fingerprint density at radius 3 is 2.71 bits per heavy atom. The number of hydrogen-bond donors (Lipinski definition) is 0. The molecule has 0 N–H and O–H groups in total. The van der Waals surface area contributed by atoms with E-state index in [1.165, 1.54) is 6.33 Å². The van der Waals surface area contributed by atoms with Gasteiger partial charge in [-0.15, -0.1) is 0 Å². The van der Waals surface area contributed by atoms with Crippen LogP contribution in [0.4, 0.5) is 0 Å². The smallest absolute Gasteiger partial charge is 0.225 e. The van der Waals surface area contributed by atoms with Crippen molar-refractivity contribution in [1.82, 2.24) is 24.6 Å². The van der Waals surface area contributed by atoms with E-state index >= 15 is 0 Å². The second-order valence-electron chi connectivity index (χ2n) is 8.70. The second kappa shape index (κ2) is 7.48. The van der Waals surface area contributed by atoms with Crippen LogP contribution in [0.5, 0.6) is 5.75 Å². The number of fused-ring (bicyclic) bond motifs is 1. The number of aromatic nitrogens is 4. The fourth-order valence-corrected chi connectivity index (χ4v) is 4.87. The minimum Gasteiger partial charge on any atom is -0.496 e. The zero-order valence-electron chi connectivity index (χ0n) is 18.2. The molecule has 3 heterocycles. The topological polar surface area (TPSA) is 73.1 Å². The summed E-state index contributed by atoms with van der Waals surface area (Å²) in [6, 6.07) is 1.84. The summed E-state index contributed by atoms with van der Waals surface area (Å²) < 4.78 is 7.86. The van der Waals surface area contributed by atoms with Crippen LogP contribution in [0.15, 0.2) is 18.6 Å². The molecule has 8 heteroatoms. The van der Waals surface area contributed by atoms with Crippen molar-refractivity contribution in [2.24, 2.45) is 5.92 Å². The Morgan fingerprint density at radius 1 is 1.29 bits per heavy atom. The molecule has 1 aliphatic heterocycles. The number of aryl methyl sites for hydroxylation is 1. The summed E-state index contributed by atoms with van der Waals surface area (Å²) in [6.45, 7) is 7.50. The Hall–Kier alpha value is -2.67. The Bertz CT molecular complexity index is 1180. The van der Waals surface area contributed by atoms with E-state index in [1.54, 1.807) is 13.3 Å². The molecule has 1 saturated heterocycles. The van der Waals surface area contributed by atoms with E-state index < -0.39 is 0 Å². The lowest BCUT2D eigenvalue weighted by Crippen LogP contribution is -2.49. The molecule has 162 valence electrons. The summed E-state index contributed by atoms with van der Waals surface area (Å²) in [4.78, 5) is 22.9. The number of halogens is 1. The normalized spacial score (nSPS) is 17.6. The van der Waals surface area contributed by atoms with Crippen LogP contribution in [0.2, 0.25) is 5.02 Å². The van der Waals surface area contributed by atoms with Crippen LogP contribution in [-0.2, 0) is 4.79 Å². The molecule has 0 spiro atoms. The third-order valence-corrected chi connectivity index (χ3v) is 7.05. The third kappa shape index (κ3) is 3.26. The molecule has 1 amide bonds. The van der Waals surface area contributed by atoms with Crippen LogP contribution >= 0.6 is 11.6 Å². The molecule has 5 rings (SSSR count). The van der Waals surface area contributed by atoms with Gasteiger partial charge in [-0.1, -0.05) is 11.6 Å². The molecule has 2 fully saturated rings. The summed E-state index contributed by atoms with van der Waals surface area (Å²) in [5.41, 5.74) is 4.74. The maximum Gasteiger partial charge on any atom is 0.225 e. The van der Waals surface area contributed by atoms with E-state index in [4.69, 9.17) is 21.4 Å². The van der Waals surface area contributed by atoms with Crippen LogP contribution in [-0.4, -0.2) is 50.8 Å². The van der Waals surface area contributed by atoms with Gasteiger partial charge in [0.25, 0.3) is 0 Å². The summed E-state index contributed by atoms with van der Waals surface area (Å²) in [5.74, 6) is 1.59. The molecule has 0 radical (unpaired) electrons. The van der Waals surface area contributed by atoms with Gasteiger partial charge in [-0.05, 0) is 45.2 Å². The second-order valence-corrected chi connectivity index (χ2v) is 9.11. The van der Waals surface area contributed by atoms with Crippen molar-refractivity contribution in [2.75, 3.05) is 20.2 Å². The van der Waals surface area contributed by atoms with Crippen molar-refractivity contribution >= 4 is 28.5 Å². The molecule has 1 saturated carbocycles. The van der Waals surface area contributed by atoms with Crippen molar-refractivity contribution in [2.45, 2.75) is 45.6 Å². The van der Waals surface area contributed by atoms with Crippen molar-refractivity contribution in [3.05, 3.63) is 46.0 Å². The molecule has 31 heavy (non-hydrogen) atoms. The highest BCUT2D eigenvalue weighted by Crippen LogP contribution is 2.45. The van der Waals surface area contributed by atoms with E-state index in [9.17, 15) is 4.79 Å². The summed E-state index contributed by atoms with van der Waals surface area (Å²) in [7, 11) is 1.70. The number of methoxy groups -OCH3 is 1. The monoisotopic (exact) mass is 439 g/mol. The summed E-state index contributed by atoms with van der Waals surface area (Å²) in [6.07, 6.45) is 5.39. The third-order valence-electron chi connectivity index (χ3n) is 6.66. The quantitative estimate of drug-likeness (QED) is 0.599. The van der Waals surface area contributed by atoms with Crippen molar-refractivity contribution in [3.63, 3.8) is 0 Å². The van der Waals surface area contributed by atoms with Crippen molar-refractivity contribution < 1.29 is 9.53 Å². The average Bonchev–Trinajstić information content (AvgIpc) is 3.53. The van der Waals surface area contributed by atoms with Crippen LogP contribution < -0.4 is 4.74 Å². The lowest BCUT2D eigenvalue weighted by Gasteiger charge is -2.41. The van der Waals surface area contributed by atoms with E-state index in [0.717, 1.165) is 65.1 Å². The lowest BCUT2D eigenvalue weighted by molar-refractivity contribution is -0.137. The van der Waals surface area contributed by atoms with Gasteiger partial charge in [-0.2, -0.15) is 5.10 Å². The molecule has 1 aliphatic carbocycles. The van der Waals surface area contributed by atoms with Gasteiger partial charge in [0.1, 0.15) is 12.1 Å². The first-order valence-electron chi connectivity index (χ1n) is 10.7. The predicted molar refractivity (Wildman–Crippen MR) is 119 cm³/mol. The molecule has 7 nitrogen and oxygen atoms in total. The number of carbonyl (C=O) groups is 1. The first-order valence-corrected chi connectivity index (χ1v) is 11.1. The van der Waals surface area contributed by atoms with Gasteiger partial charge >= 0.3 is 0 Å². The highest BCUT2D eigenvalue weighted by molar-refractivity contribution is 6.31. The largest absolute Gasteiger partial charge is 0.496 e. The van der Waals surface area contributed by atoms with Gasteiger partial charge in [0.05, 0.1) is 24.2 Å². The Labute approximate surface area is 186 Å². The van der Waals surface area contributed by atoms with Gasteiger partial charge < -0.3 is 9.64 Å². The molecule has 2 aromatic heterocycles. The molecule has 1 unspecified atom stereocenters. The molecule has 1 aromatic carbocycles. The highest BCUT2D eigenvalue weighted by atomic mass is 35.5. The average molecular weight is 440 g/mol. The molecular formula is C23H26ClN5O2. The number of rotatable bonds is 5. The molecular weight excluding hydrogens is 414 g/mol. The van der Waals surface area contributed by atoms with E-state index in [1.807, 2.05) is 29.5 Å². The van der Waals surface area contributed by atoms with Crippen molar-refractivity contribution in [3.8, 4) is 5.75 Å². The summed E-state index contributed by atoms with van der Waals surface area (Å²) in [5, 5.41) is 6.36. The first-order chi connectivity index (χ1) is 14.9. The number of amides is 1. The number of hydrogen-bond acceptors (Lipinski definition) is 5. The van der Waals surface area contributed by atoms with E-state index in [2.05, 4.69) is 16.9 Å². The molecule has 3 aromatic rings. The standard InChI is InChI=1S/C23H26ClN5O2/c1-12-19(24)7-17(14(3)29-22-18(13(2)27-29)8-25-11-26-22)21(31-4)20(12)16-9-28(10-16)23(30)15-5-6-15/h7-8,11,14-16H,5-6,9-10H2,1-4H3. The lowest BCUT2D eigenvalue weighted by atomic mass is 9.85. The van der Waals surface area contributed by atoms with Gasteiger partial charge in [-0.3, -0.25) is 4.79 Å². The van der Waals surface area contributed by atoms with Gasteiger partial charge in [0, 0.05) is 47.3 Å². The minimum absolute atomic E-state index is 0.137. The zero-order chi connectivity index (χ0) is 21.9. The minimum atomic E-state index is -0.137. The van der Waals surface area contributed by atoms with Crippen LogP contribution in [0, 0.1) is 19.8 Å². The zero-order valence-corrected chi connectivity index (χ0v) is 19.0. The van der Waals surface area contributed by atoms with Crippen LogP contribution in [0.25, 0.3) is 11.0 Å². The van der Waals surface area contributed by atoms with Gasteiger partial charge in [0.15, 0.2) is 5.65 Å². The van der Waals surface area contributed by atoms with Gasteiger partial charge in [0.2, 0.25) is 5.91 Å². The first kappa shape index (κ1) is 20.2. The van der Waals surface area contributed by atoms with Gasteiger partial charge in [-0.25, -0.2) is 14.6 Å². The SMILES string of the molecule is COc1c(C(C)n2nc(C)c3cncnc32)cc(Cl)c(C)c1C1CN(C(=O)C2CC2)C1. The maximum atomic E-state index is 12.4. The molecule has 0 bridgehead atoms. The Balaban J connectivity index is 1.54. The Kier molecular flexibility index (Phi) is 4.88. The van der Waals surface area contributed by atoms with Crippen LogP contribution in [0.1, 0.15) is 54.1 Å². The van der Waals surface area contributed by atoms with E-state index in [-0.39, 0.29) is 17.9 Å². The number of nitrogens with zero attached hydrogens (tertiary/aromatic N) is 5. The van der Waals surface area contributed by atoms with Crippen molar-refractivity contribution in [1.29, 1.82) is 0 Å². The summed E-state index contributed by atoms with van der Waals surface area (Å²) >= 11 is 6.70. The highest BCUT2D eigenvalue weighted by Gasteiger charge is 2.41. The number of ether oxygens (including phenoxy) is 1. The number of likely N-dealkylation sites (tertiary alicyclic amines) is 1. The maximum absolute atomic E-state index is 12.4. The number of carbonyl (C=O) groups excluding carboxylic acids is 1. The predicted octanol–water partition coefficient (Wildman–Crippen LogP) is 4.05. The molecule has 1 atom stereocenters. The molecule has 2 aliphatic rings. The van der Waals surface area contributed by atoms with Crippen LogP contribution in [0.3, 0.4) is 0 Å². The fraction of sp³-hybridized carbons (Fsp3) is 0.478. The fourth-order valence-electron chi connectivity index (χ4n) is 4.65. The number of benzene rings is 1.